The van der Waals surface area contributed by atoms with Crippen molar-refractivity contribution >= 4 is 11.9 Å². The molecule has 5 heteroatoms. The zero-order valence-corrected chi connectivity index (χ0v) is 13.6. The molecule has 0 bridgehead atoms. The maximum atomic E-state index is 12.5. The molecule has 1 heterocycles. The molecule has 0 saturated heterocycles. The van der Waals surface area contributed by atoms with Gasteiger partial charge in [0.2, 0.25) is 5.78 Å². The van der Waals surface area contributed by atoms with Crippen LogP contribution in [0.5, 0.6) is 0 Å². The predicted octanol–water partition coefficient (Wildman–Crippen LogP) is 3.22. The molecule has 0 radical (unpaired) electrons. The number of nitrogens with zero attached hydrogens (tertiary/aromatic N) is 2. The number of aromatic nitrogens is 1. The number of carbonyl (C=O) groups excluding carboxylic acids is 2. The summed E-state index contributed by atoms with van der Waals surface area (Å²) in [5.74, 6) is -0.175. The molecule has 0 aliphatic carbocycles. The summed E-state index contributed by atoms with van der Waals surface area (Å²) in [4.78, 5) is 30.0. The first-order valence-electron chi connectivity index (χ1n) is 7.08. The molecule has 0 fully saturated rings. The lowest BCUT2D eigenvalue weighted by Gasteiger charge is -2.29. The Morgan fingerprint density at radius 1 is 1.33 bits per heavy atom. The fraction of sp³-hybridized carbons (Fsp3) is 0.562. The van der Waals surface area contributed by atoms with Crippen molar-refractivity contribution in [2.75, 3.05) is 7.05 Å². The van der Waals surface area contributed by atoms with Gasteiger partial charge in [0.15, 0.2) is 0 Å². The van der Waals surface area contributed by atoms with E-state index in [2.05, 4.69) is 4.98 Å². The lowest BCUT2D eigenvalue weighted by Crippen LogP contribution is -2.44. The molecule has 116 valence electrons. The minimum absolute atomic E-state index is 0.175. The van der Waals surface area contributed by atoms with Crippen LogP contribution >= 0.6 is 0 Å². The van der Waals surface area contributed by atoms with Crippen LogP contribution in [-0.2, 0) is 4.74 Å². The summed E-state index contributed by atoms with van der Waals surface area (Å²) in [6, 6.07) is 2.94. The summed E-state index contributed by atoms with van der Waals surface area (Å²) in [6.45, 7) is 9.15. The van der Waals surface area contributed by atoms with Crippen molar-refractivity contribution in [1.82, 2.24) is 9.88 Å². The summed E-state index contributed by atoms with van der Waals surface area (Å²) < 4.78 is 5.30. The van der Waals surface area contributed by atoms with Crippen LogP contribution in [0.2, 0.25) is 0 Å². The summed E-state index contributed by atoms with van der Waals surface area (Å²) in [5, 5.41) is 0. The molecular weight excluding hydrogens is 268 g/mol. The van der Waals surface area contributed by atoms with E-state index in [9.17, 15) is 9.59 Å². The Kier molecular flexibility index (Phi) is 5.47. The standard InChI is InChI=1S/C16H24N2O3/c1-7-13(18(6)15(20)21-16(3,4)5)14(19)12-9-8-11(2)10-17-12/h8-10,13H,7H2,1-6H3. The van der Waals surface area contributed by atoms with Gasteiger partial charge in [0.05, 0.1) is 6.04 Å². The van der Waals surface area contributed by atoms with E-state index in [0.717, 1.165) is 5.56 Å². The summed E-state index contributed by atoms with van der Waals surface area (Å²) in [7, 11) is 1.58. The molecular formula is C16H24N2O3. The van der Waals surface area contributed by atoms with Gasteiger partial charge in [-0.3, -0.25) is 9.78 Å². The van der Waals surface area contributed by atoms with E-state index in [-0.39, 0.29) is 5.78 Å². The number of aryl methyl sites for hydroxylation is 1. The summed E-state index contributed by atoms with van der Waals surface area (Å²) in [6.07, 6.45) is 1.65. The van der Waals surface area contributed by atoms with E-state index in [0.29, 0.717) is 12.1 Å². The minimum Gasteiger partial charge on any atom is -0.444 e. The van der Waals surface area contributed by atoms with Crippen LogP contribution in [0.1, 0.15) is 50.2 Å². The van der Waals surface area contributed by atoms with Gasteiger partial charge in [-0.2, -0.15) is 0 Å². The quantitative estimate of drug-likeness (QED) is 0.799. The molecule has 5 nitrogen and oxygen atoms in total. The maximum absolute atomic E-state index is 12.5. The normalized spacial score (nSPS) is 12.7. The molecule has 21 heavy (non-hydrogen) atoms. The van der Waals surface area contributed by atoms with Gasteiger partial charge < -0.3 is 9.64 Å². The lowest BCUT2D eigenvalue weighted by molar-refractivity contribution is 0.0214. The van der Waals surface area contributed by atoms with E-state index in [1.807, 2.05) is 19.9 Å². The topological polar surface area (TPSA) is 59.5 Å². The third-order valence-electron chi connectivity index (χ3n) is 3.00. The third-order valence-corrected chi connectivity index (χ3v) is 3.00. The smallest absolute Gasteiger partial charge is 0.410 e. The van der Waals surface area contributed by atoms with Crippen molar-refractivity contribution in [3.63, 3.8) is 0 Å². The molecule has 0 aromatic carbocycles. The summed E-state index contributed by atoms with van der Waals surface area (Å²) >= 11 is 0. The number of hydrogen-bond acceptors (Lipinski definition) is 4. The highest BCUT2D eigenvalue weighted by Crippen LogP contribution is 2.15. The van der Waals surface area contributed by atoms with Gasteiger partial charge in [-0.1, -0.05) is 13.0 Å². The second-order valence-corrected chi connectivity index (χ2v) is 6.10. The number of likely N-dealkylation sites (N-methyl/N-ethyl adjacent to an activating group) is 1. The highest BCUT2D eigenvalue weighted by molar-refractivity contribution is 5.99. The van der Waals surface area contributed by atoms with Crippen LogP contribution in [0, 0.1) is 6.92 Å². The number of pyridine rings is 1. The average Bonchev–Trinajstić information content (AvgIpc) is 2.38. The van der Waals surface area contributed by atoms with Crippen LogP contribution < -0.4 is 0 Å². The second-order valence-electron chi connectivity index (χ2n) is 6.10. The first-order chi connectivity index (χ1) is 9.65. The molecule has 0 saturated carbocycles. The Bertz CT molecular complexity index is 503. The molecule has 1 unspecified atom stereocenters. The Balaban J connectivity index is 2.88. The molecule has 0 spiro atoms. The first kappa shape index (κ1) is 17.1. The summed E-state index contributed by atoms with van der Waals surface area (Å²) in [5.41, 5.74) is 0.761. The van der Waals surface area contributed by atoms with Crippen molar-refractivity contribution < 1.29 is 14.3 Å². The van der Waals surface area contributed by atoms with Crippen molar-refractivity contribution in [2.24, 2.45) is 0 Å². The van der Waals surface area contributed by atoms with Gasteiger partial charge >= 0.3 is 6.09 Å². The van der Waals surface area contributed by atoms with E-state index < -0.39 is 17.7 Å². The van der Waals surface area contributed by atoms with Crippen LogP contribution in [-0.4, -0.2) is 40.5 Å². The predicted molar refractivity (Wildman–Crippen MR) is 81.4 cm³/mol. The highest BCUT2D eigenvalue weighted by atomic mass is 16.6. The average molecular weight is 292 g/mol. The van der Waals surface area contributed by atoms with Gasteiger partial charge in [-0.05, 0) is 45.7 Å². The third kappa shape index (κ3) is 4.85. The molecule has 1 aromatic rings. The Labute approximate surface area is 126 Å². The van der Waals surface area contributed by atoms with Gasteiger partial charge in [0, 0.05) is 13.2 Å². The van der Waals surface area contributed by atoms with Gasteiger partial charge in [0.1, 0.15) is 11.3 Å². The monoisotopic (exact) mass is 292 g/mol. The number of hydrogen-bond donors (Lipinski definition) is 0. The number of ether oxygens (including phenoxy) is 1. The molecule has 1 amide bonds. The number of Topliss-reactive ketones (excluding diaryl/α,β-unsaturated/α-hetero) is 1. The van der Waals surface area contributed by atoms with Crippen molar-refractivity contribution in [1.29, 1.82) is 0 Å². The Morgan fingerprint density at radius 3 is 2.38 bits per heavy atom. The molecule has 1 atom stereocenters. The van der Waals surface area contributed by atoms with E-state index in [1.54, 1.807) is 40.1 Å². The number of amides is 1. The number of rotatable bonds is 4. The van der Waals surface area contributed by atoms with Crippen LogP contribution in [0.25, 0.3) is 0 Å². The van der Waals surface area contributed by atoms with Gasteiger partial charge in [0.25, 0.3) is 0 Å². The Hall–Kier alpha value is -1.91. The van der Waals surface area contributed by atoms with Crippen molar-refractivity contribution in [3.8, 4) is 0 Å². The van der Waals surface area contributed by atoms with Gasteiger partial charge in [-0.25, -0.2) is 4.79 Å². The van der Waals surface area contributed by atoms with Crippen molar-refractivity contribution in [2.45, 2.75) is 52.7 Å². The van der Waals surface area contributed by atoms with Gasteiger partial charge in [-0.15, -0.1) is 0 Å². The second kappa shape index (κ2) is 6.70. The fourth-order valence-corrected chi connectivity index (χ4v) is 1.88. The SMILES string of the molecule is CCC(C(=O)c1ccc(C)cn1)N(C)C(=O)OC(C)(C)C. The van der Waals surface area contributed by atoms with E-state index in [4.69, 9.17) is 4.74 Å². The number of carbonyl (C=O) groups is 2. The lowest BCUT2D eigenvalue weighted by atomic mass is 10.1. The van der Waals surface area contributed by atoms with Crippen LogP contribution in [0.3, 0.4) is 0 Å². The zero-order chi connectivity index (χ0) is 16.2. The molecule has 1 aromatic heterocycles. The van der Waals surface area contributed by atoms with E-state index >= 15 is 0 Å². The van der Waals surface area contributed by atoms with Crippen LogP contribution in [0.4, 0.5) is 4.79 Å². The zero-order valence-electron chi connectivity index (χ0n) is 13.6. The maximum Gasteiger partial charge on any atom is 0.410 e. The number of ketones is 1. The van der Waals surface area contributed by atoms with Crippen molar-refractivity contribution in [3.05, 3.63) is 29.6 Å². The van der Waals surface area contributed by atoms with Crippen LogP contribution in [0.15, 0.2) is 18.3 Å². The molecule has 1 rings (SSSR count). The highest BCUT2D eigenvalue weighted by Gasteiger charge is 2.30. The molecule has 0 aliphatic rings. The fourth-order valence-electron chi connectivity index (χ4n) is 1.88. The molecule has 0 aliphatic heterocycles. The Morgan fingerprint density at radius 2 is 1.95 bits per heavy atom. The van der Waals surface area contributed by atoms with E-state index in [1.165, 1.54) is 4.90 Å². The largest absolute Gasteiger partial charge is 0.444 e. The minimum atomic E-state index is -0.589. The molecule has 0 N–H and O–H groups in total. The first-order valence-corrected chi connectivity index (χ1v) is 7.08.